The number of aromatic nitrogens is 2. The van der Waals surface area contributed by atoms with Gasteiger partial charge in [-0.05, 0) is 35.7 Å². The van der Waals surface area contributed by atoms with E-state index in [1.165, 1.54) is 25.7 Å². The summed E-state index contributed by atoms with van der Waals surface area (Å²) in [7, 11) is 0. The van der Waals surface area contributed by atoms with E-state index in [4.69, 9.17) is 0 Å². The molecular weight excluding hydrogens is 242 g/mol. The van der Waals surface area contributed by atoms with Crippen LogP contribution < -0.4 is 5.32 Å². The quantitative estimate of drug-likeness (QED) is 0.826. The van der Waals surface area contributed by atoms with Gasteiger partial charge in [-0.2, -0.15) is 0 Å². The van der Waals surface area contributed by atoms with Crippen LogP contribution >= 0.6 is 15.9 Å². The zero-order chi connectivity index (χ0) is 10.0. The van der Waals surface area contributed by atoms with Crippen molar-refractivity contribution < 1.29 is 0 Å². The molecule has 0 aliphatic heterocycles. The van der Waals surface area contributed by atoms with E-state index in [2.05, 4.69) is 38.1 Å². The van der Waals surface area contributed by atoms with Gasteiger partial charge < -0.3 is 5.32 Å². The summed E-state index contributed by atoms with van der Waals surface area (Å²) in [5, 5.41) is 3.48. The molecule has 2 rings (SSSR count). The Balaban J connectivity index is 2.10. The third-order valence-electron chi connectivity index (χ3n) is 2.77. The van der Waals surface area contributed by atoms with Gasteiger partial charge in [-0.15, -0.1) is 0 Å². The van der Waals surface area contributed by atoms with Crippen LogP contribution in [0.5, 0.6) is 0 Å². The van der Waals surface area contributed by atoms with E-state index >= 15 is 0 Å². The van der Waals surface area contributed by atoms with Gasteiger partial charge in [0.05, 0.1) is 0 Å². The van der Waals surface area contributed by atoms with Crippen molar-refractivity contribution in [2.75, 3.05) is 5.32 Å². The fourth-order valence-corrected chi connectivity index (χ4v) is 2.30. The molecule has 0 atom stereocenters. The number of anilines is 1. The highest BCUT2D eigenvalue weighted by atomic mass is 79.9. The molecule has 0 radical (unpaired) electrons. The van der Waals surface area contributed by atoms with Crippen molar-refractivity contribution in [3.05, 3.63) is 17.0 Å². The summed E-state index contributed by atoms with van der Waals surface area (Å²) >= 11 is 3.34. The molecule has 3 nitrogen and oxygen atoms in total. The first kappa shape index (κ1) is 9.90. The predicted octanol–water partition coefficient (Wildman–Crippen LogP) is 2.98. The molecule has 1 heterocycles. The lowest BCUT2D eigenvalue weighted by Gasteiger charge is -2.25. The van der Waals surface area contributed by atoms with Gasteiger partial charge in [-0.25, -0.2) is 9.97 Å². The molecule has 0 saturated heterocycles. The third kappa shape index (κ3) is 2.23. The second-order valence-corrected chi connectivity index (χ2v) is 4.93. The van der Waals surface area contributed by atoms with Gasteiger partial charge >= 0.3 is 0 Å². The molecule has 0 unspecified atom stereocenters. The number of hydrogen-bond acceptors (Lipinski definition) is 3. The van der Waals surface area contributed by atoms with Gasteiger partial charge in [0.1, 0.15) is 16.7 Å². The van der Waals surface area contributed by atoms with Crippen LogP contribution in [0.3, 0.4) is 0 Å². The van der Waals surface area contributed by atoms with E-state index in [0.29, 0.717) is 0 Å². The molecule has 1 N–H and O–H groups in total. The number of rotatable bonds is 2. The first-order valence-electron chi connectivity index (χ1n) is 4.94. The molecular formula is C10H14BrN3. The number of halogens is 1. The van der Waals surface area contributed by atoms with Crippen LogP contribution in [0, 0.1) is 0 Å². The average Bonchev–Trinajstić information content (AvgIpc) is 2.51. The van der Waals surface area contributed by atoms with Crippen molar-refractivity contribution in [1.82, 2.24) is 9.97 Å². The van der Waals surface area contributed by atoms with Gasteiger partial charge in [-0.1, -0.05) is 12.8 Å². The van der Waals surface area contributed by atoms with Crippen molar-refractivity contribution in [1.29, 1.82) is 0 Å². The molecule has 1 saturated carbocycles. The fraction of sp³-hybridized carbons (Fsp3) is 0.600. The van der Waals surface area contributed by atoms with Crippen molar-refractivity contribution in [3.63, 3.8) is 0 Å². The summed E-state index contributed by atoms with van der Waals surface area (Å²) in [5.41, 5.74) is 0.230. The Labute approximate surface area is 92.5 Å². The Morgan fingerprint density at radius 1 is 1.36 bits per heavy atom. The van der Waals surface area contributed by atoms with Crippen molar-refractivity contribution in [3.8, 4) is 0 Å². The van der Waals surface area contributed by atoms with Crippen molar-refractivity contribution >= 4 is 21.7 Å². The molecule has 1 aliphatic rings. The lowest BCUT2D eigenvalue weighted by Crippen LogP contribution is -2.31. The Morgan fingerprint density at radius 2 is 2.07 bits per heavy atom. The molecule has 0 amide bonds. The summed E-state index contributed by atoms with van der Waals surface area (Å²) in [6.07, 6.45) is 6.67. The van der Waals surface area contributed by atoms with Crippen LogP contribution in [0.15, 0.2) is 17.0 Å². The fourth-order valence-electron chi connectivity index (χ4n) is 1.99. The van der Waals surface area contributed by atoms with Gasteiger partial charge in [-0.3, -0.25) is 0 Å². The lowest BCUT2D eigenvalue weighted by molar-refractivity contribution is 0.531. The minimum absolute atomic E-state index is 0.230. The molecule has 1 aromatic heterocycles. The van der Waals surface area contributed by atoms with E-state index in [1.807, 2.05) is 6.07 Å². The van der Waals surface area contributed by atoms with Crippen molar-refractivity contribution in [2.45, 2.75) is 38.1 Å². The van der Waals surface area contributed by atoms with E-state index < -0.39 is 0 Å². The highest BCUT2D eigenvalue weighted by Crippen LogP contribution is 2.32. The summed E-state index contributed by atoms with van der Waals surface area (Å²) in [5.74, 6) is 0.913. The van der Waals surface area contributed by atoms with E-state index in [0.717, 1.165) is 10.4 Å². The largest absolute Gasteiger partial charge is 0.365 e. The molecule has 76 valence electrons. The Morgan fingerprint density at radius 3 is 2.71 bits per heavy atom. The topological polar surface area (TPSA) is 37.8 Å². The highest BCUT2D eigenvalue weighted by Gasteiger charge is 2.28. The standard InChI is InChI=1S/C10H14BrN3/c1-10(4-2-3-5-10)14-9-6-8(11)12-7-13-9/h6-7H,2-5H2,1H3,(H,12,13,14). The van der Waals surface area contributed by atoms with Gasteiger partial charge in [0.2, 0.25) is 0 Å². The lowest BCUT2D eigenvalue weighted by atomic mass is 10.0. The maximum absolute atomic E-state index is 4.20. The molecule has 0 spiro atoms. The van der Waals surface area contributed by atoms with Gasteiger partial charge in [0.25, 0.3) is 0 Å². The number of hydrogen-bond donors (Lipinski definition) is 1. The Hall–Kier alpha value is -0.640. The van der Waals surface area contributed by atoms with Crippen LogP contribution in [0.25, 0.3) is 0 Å². The second kappa shape index (κ2) is 3.85. The first-order valence-corrected chi connectivity index (χ1v) is 5.73. The maximum Gasteiger partial charge on any atom is 0.130 e. The third-order valence-corrected chi connectivity index (χ3v) is 3.20. The molecule has 1 aromatic rings. The van der Waals surface area contributed by atoms with Crippen LogP contribution in [0.1, 0.15) is 32.6 Å². The molecule has 4 heteroatoms. The monoisotopic (exact) mass is 255 g/mol. The average molecular weight is 256 g/mol. The summed E-state index contributed by atoms with van der Waals surface area (Å²) < 4.78 is 0.830. The van der Waals surface area contributed by atoms with E-state index in [-0.39, 0.29) is 5.54 Å². The Bertz CT molecular complexity index is 321. The zero-order valence-electron chi connectivity index (χ0n) is 8.26. The normalized spacial score (nSPS) is 19.6. The molecule has 0 aromatic carbocycles. The predicted molar refractivity (Wildman–Crippen MR) is 60.2 cm³/mol. The van der Waals surface area contributed by atoms with Crippen LogP contribution in [0.2, 0.25) is 0 Å². The van der Waals surface area contributed by atoms with E-state index in [9.17, 15) is 0 Å². The molecule has 1 aliphatic carbocycles. The van der Waals surface area contributed by atoms with Crippen LogP contribution in [0.4, 0.5) is 5.82 Å². The Kier molecular flexibility index (Phi) is 2.72. The minimum atomic E-state index is 0.230. The summed E-state index contributed by atoms with van der Waals surface area (Å²) in [6, 6.07) is 1.92. The van der Waals surface area contributed by atoms with Gasteiger partial charge in [0, 0.05) is 11.6 Å². The van der Waals surface area contributed by atoms with E-state index in [1.54, 1.807) is 6.33 Å². The summed E-state index contributed by atoms with van der Waals surface area (Å²) in [4.78, 5) is 8.20. The minimum Gasteiger partial charge on any atom is -0.365 e. The SMILES string of the molecule is CC1(Nc2cc(Br)ncn2)CCCC1. The van der Waals surface area contributed by atoms with Crippen molar-refractivity contribution in [2.24, 2.45) is 0 Å². The molecule has 1 fully saturated rings. The second-order valence-electron chi connectivity index (χ2n) is 4.12. The smallest absolute Gasteiger partial charge is 0.130 e. The molecule has 14 heavy (non-hydrogen) atoms. The van der Waals surface area contributed by atoms with Crippen LogP contribution in [-0.4, -0.2) is 15.5 Å². The highest BCUT2D eigenvalue weighted by molar-refractivity contribution is 9.10. The van der Waals surface area contributed by atoms with Gasteiger partial charge in [0.15, 0.2) is 0 Å². The number of nitrogens with zero attached hydrogens (tertiary/aromatic N) is 2. The first-order chi connectivity index (χ1) is 6.68. The summed E-state index contributed by atoms with van der Waals surface area (Å²) in [6.45, 7) is 2.26. The number of nitrogens with one attached hydrogen (secondary N) is 1. The molecule has 0 bridgehead atoms. The maximum atomic E-state index is 4.20. The van der Waals surface area contributed by atoms with Crippen LogP contribution in [-0.2, 0) is 0 Å². The zero-order valence-corrected chi connectivity index (χ0v) is 9.84.